The first-order valence-corrected chi connectivity index (χ1v) is 0.548. The van der Waals surface area contributed by atoms with Gasteiger partial charge in [0.1, 0.15) is 0 Å². The van der Waals surface area contributed by atoms with Crippen LogP contribution in [0.4, 0.5) is 0 Å². The average molecular weight is 126 g/mol. The summed E-state index contributed by atoms with van der Waals surface area (Å²) >= 11 is 0. The van der Waals surface area contributed by atoms with Gasteiger partial charge in [-0.15, -0.1) is 0 Å². The molecule has 0 saturated heterocycles. The largest absolute Gasteiger partial charge is 2.00 e. The second-order valence-electron chi connectivity index (χ2n) is 0.224. The molecule has 5 heteroatoms. The van der Waals surface area contributed by atoms with E-state index in [1.54, 1.807) is 0 Å². The van der Waals surface area contributed by atoms with E-state index >= 15 is 0 Å². The molecule has 0 saturated carbocycles. The minimum absolute atomic E-state index is 0. The first kappa shape index (κ1) is 8.83. The topological polar surface area (TPSA) is 66.2 Å². The van der Waals surface area contributed by atoms with Crippen LogP contribution < -0.4 is 0 Å². The van der Waals surface area contributed by atoms with Crippen LogP contribution in [-0.2, 0) is 17.1 Å². The van der Waals surface area contributed by atoms with E-state index in [9.17, 15) is 0 Å². The molecule has 0 atom stereocenters. The van der Waals surface area contributed by atoms with Crippen molar-refractivity contribution < 1.29 is 22.2 Å². The van der Waals surface area contributed by atoms with Gasteiger partial charge < -0.3 is 15.3 Å². The Morgan fingerprint density at radius 3 is 1.40 bits per heavy atom. The Hall–Kier alpha value is -0.281. The maximum absolute atomic E-state index is 8.25. The maximum atomic E-state index is 8.25. The molecule has 1 radical (unpaired) electrons. The van der Waals surface area contributed by atoms with E-state index in [4.69, 9.17) is 15.3 Å². The monoisotopic (exact) mass is 125 g/mol. The molecule has 0 rings (SSSR count). The predicted molar refractivity (Wildman–Crippen MR) is 10.4 cm³/mol. The average Bonchev–Trinajstić information content (AvgIpc) is 0.811. The van der Waals surface area contributed by atoms with Gasteiger partial charge in [0, 0.05) is 0 Å². The van der Waals surface area contributed by atoms with Gasteiger partial charge in [-0.05, 0) is 0 Å². The molecular weight excluding hydrogens is 126 g/mol. The Balaban J connectivity index is 0. The van der Waals surface area contributed by atoms with Gasteiger partial charge in [-0.1, -0.05) is 0 Å². The number of rotatable bonds is 0. The minimum atomic E-state index is -1.75. The van der Waals surface area contributed by atoms with Crippen LogP contribution in [0.3, 0.4) is 0 Å². The molecule has 0 aromatic heterocycles. The summed E-state index contributed by atoms with van der Waals surface area (Å²) in [6.07, 6.45) is 0. The van der Waals surface area contributed by atoms with Gasteiger partial charge in [-0.25, -0.2) is 0 Å². The van der Waals surface area contributed by atoms with Crippen LogP contribution in [0.5, 0.6) is 0 Å². The van der Waals surface area contributed by atoms with Gasteiger partial charge in [0.05, 0.1) is 5.09 Å². The summed E-state index contributed by atoms with van der Waals surface area (Å²) in [5.41, 5.74) is 0. The molecular formula is CuNO3+. The third-order valence-corrected chi connectivity index (χ3v) is 0. The Morgan fingerprint density at radius 1 is 1.40 bits per heavy atom. The first-order valence-electron chi connectivity index (χ1n) is 0.548. The third-order valence-electron chi connectivity index (χ3n) is 0. The van der Waals surface area contributed by atoms with Crippen molar-refractivity contribution in [1.29, 1.82) is 0 Å². The van der Waals surface area contributed by atoms with E-state index in [-0.39, 0.29) is 17.1 Å². The maximum Gasteiger partial charge on any atom is 2.00 e. The molecule has 0 N–H and O–H groups in total. The second-order valence-corrected chi connectivity index (χ2v) is 0.224. The zero-order chi connectivity index (χ0) is 3.58. The number of hydrogen-bond acceptors (Lipinski definition) is 3. The smallest absolute Gasteiger partial charge is 0.356 e. The quantitative estimate of drug-likeness (QED) is 0.255. The Kier molecular flexibility index (Phi) is 6.57. The van der Waals surface area contributed by atoms with Crippen LogP contribution in [0.1, 0.15) is 0 Å². The van der Waals surface area contributed by atoms with Gasteiger partial charge >= 0.3 is 17.1 Å². The van der Waals surface area contributed by atoms with Gasteiger partial charge in [-0.2, -0.15) is 0 Å². The molecule has 0 aliphatic rings. The van der Waals surface area contributed by atoms with E-state index in [0.29, 0.717) is 0 Å². The van der Waals surface area contributed by atoms with Crippen molar-refractivity contribution in [2.24, 2.45) is 0 Å². The van der Waals surface area contributed by atoms with Gasteiger partial charge in [-0.3, -0.25) is 0 Å². The molecule has 4 nitrogen and oxygen atoms in total. The Bertz CT molecular complexity index is 29.9. The zero-order valence-corrected chi connectivity index (χ0v) is 2.92. The summed E-state index contributed by atoms with van der Waals surface area (Å²) in [4.78, 5) is 8.25. The van der Waals surface area contributed by atoms with Crippen LogP contribution in [0.2, 0.25) is 0 Å². The summed E-state index contributed by atoms with van der Waals surface area (Å²) < 4.78 is 0. The SMILES string of the molecule is O=[N+]([O-])[O-].[Cu+2]. The molecule has 33 valence electrons. The fraction of sp³-hybridized carbons (Fsp3) is 0. The van der Waals surface area contributed by atoms with Gasteiger partial charge in [0.25, 0.3) is 0 Å². The molecule has 5 heavy (non-hydrogen) atoms. The predicted octanol–water partition coefficient (Wildman–Crippen LogP) is -0.242. The molecule has 0 bridgehead atoms. The van der Waals surface area contributed by atoms with Crippen LogP contribution in [0.25, 0.3) is 0 Å². The second kappa shape index (κ2) is 3.72. The molecule has 0 aliphatic carbocycles. The molecule has 0 amide bonds. The third kappa shape index (κ3) is 140. The fourth-order valence-corrected chi connectivity index (χ4v) is 0. The van der Waals surface area contributed by atoms with E-state index in [0.717, 1.165) is 0 Å². The summed E-state index contributed by atoms with van der Waals surface area (Å²) in [5, 5.41) is 14.8. The molecule has 0 fully saturated rings. The van der Waals surface area contributed by atoms with E-state index < -0.39 is 5.09 Å². The Morgan fingerprint density at radius 2 is 1.40 bits per heavy atom. The van der Waals surface area contributed by atoms with Crippen LogP contribution >= 0.6 is 0 Å². The van der Waals surface area contributed by atoms with Crippen LogP contribution in [-0.4, -0.2) is 5.09 Å². The molecule has 0 aromatic carbocycles. The van der Waals surface area contributed by atoms with E-state index in [1.807, 2.05) is 0 Å². The van der Waals surface area contributed by atoms with Crippen molar-refractivity contribution in [3.8, 4) is 0 Å². The summed E-state index contributed by atoms with van der Waals surface area (Å²) in [6.45, 7) is 0. The van der Waals surface area contributed by atoms with Crippen LogP contribution in [0, 0.1) is 15.3 Å². The molecule has 0 unspecified atom stereocenters. The van der Waals surface area contributed by atoms with Crippen molar-refractivity contribution in [1.82, 2.24) is 0 Å². The van der Waals surface area contributed by atoms with Crippen molar-refractivity contribution >= 4 is 0 Å². The summed E-state index contributed by atoms with van der Waals surface area (Å²) in [5.74, 6) is 0. The van der Waals surface area contributed by atoms with E-state index in [1.165, 1.54) is 0 Å². The summed E-state index contributed by atoms with van der Waals surface area (Å²) in [6, 6.07) is 0. The zero-order valence-electron chi connectivity index (χ0n) is 1.97. The van der Waals surface area contributed by atoms with Crippen molar-refractivity contribution in [2.45, 2.75) is 0 Å². The normalized spacial score (nSPS) is 4.80. The van der Waals surface area contributed by atoms with Crippen molar-refractivity contribution in [3.05, 3.63) is 15.3 Å². The molecule has 0 aliphatic heterocycles. The molecule has 0 heterocycles. The fourth-order valence-electron chi connectivity index (χ4n) is 0. The number of nitrogens with zero attached hydrogens (tertiary/aromatic N) is 1. The number of hydrogen-bond donors (Lipinski definition) is 0. The first-order chi connectivity index (χ1) is 1.73. The summed E-state index contributed by atoms with van der Waals surface area (Å²) in [7, 11) is 0. The van der Waals surface area contributed by atoms with E-state index in [2.05, 4.69) is 0 Å². The standard InChI is InChI=1S/Cu.NO3/c;2-1(3)4/q+2;-1. The van der Waals surface area contributed by atoms with Gasteiger partial charge in [0.15, 0.2) is 0 Å². The molecule has 0 aromatic rings. The molecule has 0 spiro atoms. The van der Waals surface area contributed by atoms with Gasteiger partial charge in [0.2, 0.25) is 0 Å². The minimum Gasteiger partial charge on any atom is -0.356 e. The van der Waals surface area contributed by atoms with Crippen LogP contribution in [0.15, 0.2) is 0 Å². The van der Waals surface area contributed by atoms with Crippen molar-refractivity contribution in [3.63, 3.8) is 0 Å². The Labute approximate surface area is 38.4 Å². The van der Waals surface area contributed by atoms with Crippen molar-refractivity contribution in [2.75, 3.05) is 0 Å².